The van der Waals surface area contributed by atoms with Gasteiger partial charge in [-0.25, -0.2) is 4.39 Å². The fraction of sp³-hybridized carbons (Fsp3) is 0.154. The molecule has 1 aromatic carbocycles. The molecule has 0 saturated carbocycles. The SMILES string of the molecule is CC(Nc1cccc(Br)c1)c1cncc(F)c1. The maximum atomic E-state index is 13.0. The first-order valence-electron chi connectivity index (χ1n) is 5.28. The standard InChI is InChI=1S/C13H12BrFN2/c1-9(10-5-12(15)8-16-7-10)17-13-4-2-3-11(14)6-13/h2-9,17H,1H3. The first-order chi connectivity index (χ1) is 8.15. The van der Waals surface area contributed by atoms with Gasteiger partial charge in [0.15, 0.2) is 0 Å². The summed E-state index contributed by atoms with van der Waals surface area (Å²) in [5.74, 6) is -0.314. The molecule has 0 bridgehead atoms. The van der Waals surface area contributed by atoms with E-state index in [0.717, 1.165) is 15.7 Å². The summed E-state index contributed by atoms with van der Waals surface area (Å²) < 4.78 is 14.0. The van der Waals surface area contributed by atoms with Gasteiger partial charge in [0.25, 0.3) is 0 Å². The number of hydrogen-bond donors (Lipinski definition) is 1. The quantitative estimate of drug-likeness (QED) is 0.919. The van der Waals surface area contributed by atoms with Crippen LogP contribution in [0.2, 0.25) is 0 Å². The molecule has 1 unspecified atom stereocenters. The highest BCUT2D eigenvalue weighted by atomic mass is 79.9. The van der Waals surface area contributed by atoms with Crippen LogP contribution < -0.4 is 5.32 Å². The van der Waals surface area contributed by atoms with Crippen molar-refractivity contribution in [1.29, 1.82) is 0 Å². The first-order valence-corrected chi connectivity index (χ1v) is 6.07. The molecule has 0 spiro atoms. The van der Waals surface area contributed by atoms with Crippen molar-refractivity contribution >= 4 is 21.6 Å². The van der Waals surface area contributed by atoms with Crippen LogP contribution in [-0.2, 0) is 0 Å². The van der Waals surface area contributed by atoms with Gasteiger partial charge in [-0.15, -0.1) is 0 Å². The minimum absolute atomic E-state index is 0.00694. The van der Waals surface area contributed by atoms with Crippen molar-refractivity contribution in [3.63, 3.8) is 0 Å². The highest BCUT2D eigenvalue weighted by molar-refractivity contribution is 9.10. The van der Waals surface area contributed by atoms with Crippen LogP contribution >= 0.6 is 15.9 Å². The number of benzene rings is 1. The van der Waals surface area contributed by atoms with Gasteiger partial charge in [0.2, 0.25) is 0 Å². The van der Waals surface area contributed by atoms with Crippen LogP contribution in [-0.4, -0.2) is 4.98 Å². The molecule has 4 heteroatoms. The molecule has 17 heavy (non-hydrogen) atoms. The van der Waals surface area contributed by atoms with Crippen LogP contribution in [0.15, 0.2) is 47.2 Å². The van der Waals surface area contributed by atoms with E-state index in [9.17, 15) is 4.39 Å². The topological polar surface area (TPSA) is 24.9 Å². The molecule has 2 rings (SSSR count). The van der Waals surface area contributed by atoms with E-state index in [0.29, 0.717) is 0 Å². The van der Waals surface area contributed by atoms with Crippen LogP contribution in [0.1, 0.15) is 18.5 Å². The molecule has 2 nitrogen and oxygen atoms in total. The van der Waals surface area contributed by atoms with Crippen molar-refractivity contribution in [3.05, 3.63) is 58.6 Å². The zero-order valence-electron chi connectivity index (χ0n) is 9.32. The van der Waals surface area contributed by atoms with Crippen molar-refractivity contribution in [2.24, 2.45) is 0 Å². The Balaban J connectivity index is 2.14. The molecule has 0 radical (unpaired) electrons. The zero-order chi connectivity index (χ0) is 12.3. The Bertz CT molecular complexity index is 516. The fourth-order valence-electron chi connectivity index (χ4n) is 1.58. The summed E-state index contributed by atoms with van der Waals surface area (Å²) in [6, 6.07) is 9.34. The minimum Gasteiger partial charge on any atom is -0.378 e. The Kier molecular flexibility index (Phi) is 3.74. The van der Waals surface area contributed by atoms with Crippen LogP contribution in [0, 0.1) is 5.82 Å². The fourth-order valence-corrected chi connectivity index (χ4v) is 1.98. The van der Waals surface area contributed by atoms with Crippen molar-refractivity contribution in [2.45, 2.75) is 13.0 Å². The second kappa shape index (κ2) is 5.27. The molecular weight excluding hydrogens is 283 g/mol. The normalized spacial score (nSPS) is 12.2. The maximum Gasteiger partial charge on any atom is 0.141 e. The summed E-state index contributed by atoms with van der Waals surface area (Å²) in [5.41, 5.74) is 1.81. The predicted molar refractivity (Wildman–Crippen MR) is 70.4 cm³/mol. The third kappa shape index (κ3) is 3.27. The number of nitrogens with zero attached hydrogens (tertiary/aromatic N) is 1. The molecule has 0 aliphatic heterocycles. The summed E-state index contributed by atoms with van der Waals surface area (Å²) in [6.07, 6.45) is 2.87. The van der Waals surface area contributed by atoms with E-state index in [4.69, 9.17) is 0 Å². The van der Waals surface area contributed by atoms with Crippen molar-refractivity contribution in [2.75, 3.05) is 5.32 Å². The van der Waals surface area contributed by atoms with Crippen LogP contribution in [0.4, 0.5) is 10.1 Å². The molecule has 1 N–H and O–H groups in total. The van der Waals surface area contributed by atoms with Crippen molar-refractivity contribution < 1.29 is 4.39 Å². The highest BCUT2D eigenvalue weighted by Gasteiger charge is 2.06. The second-order valence-corrected chi connectivity index (χ2v) is 4.73. The highest BCUT2D eigenvalue weighted by Crippen LogP contribution is 2.21. The number of halogens is 2. The van der Waals surface area contributed by atoms with E-state index in [1.165, 1.54) is 12.3 Å². The molecule has 0 saturated heterocycles. The van der Waals surface area contributed by atoms with E-state index in [2.05, 4.69) is 26.2 Å². The molecule has 1 aromatic heterocycles. The Morgan fingerprint density at radius 3 is 2.82 bits per heavy atom. The number of hydrogen-bond acceptors (Lipinski definition) is 2. The van der Waals surface area contributed by atoms with Crippen LogP contribution in [0.5, 0.6) is 0 Å². The van der Waals surface area contributed by atoms with E-state index in [-0.39, 0.29) is 11.9 Å². The largest absolute Gasteiger partial charge is 0.378 e. The lowest BCUT2D eigenvalue weighted by atomic mass is 10.1. The Hall–Kier alpha value is -1.42. The minimum atomic E-state index is -0.314. The maximum absolute atomic E-state index is 13.0. The Morgan fingerprint density at radius 2 is 2.12 bits per heavy atom. The lowest BCUT2D eigenvalue weighted by molar-refractivity contribution is 0.616. The number of pyridine rings is 1. The molecule has 0 amide bonds. The van der Waals surface area contributed by atoms with Crippen LogP contribution in [0.3, 0.4) is 0 Å². The lowest BCUT2D eigenvalue weighted by Gasteiger charge is -2.15. The molecule has 0 aliphatic rings. The van der Waals surface area contributed by atoms with E-state index >= 15 is 0 Å². The summed E-state index contributed by atoms with van der Waals surface area (Å²) in [5, 5.41) is 3.29. The van der Waals surface area contributed by atoms with Crippen molar-refractivity contribution in [1.82, 2.24) is 4.98 Å². The molecule has 2 aromatic rings. The van der Waals surface area contributed by atoms with E-state index in [1.807, 2.05) is 31.2 Å². The molecule has 0 aliphatic carbocycles. The molecule has 88 valence electrons. The summed E-state index contributed by atoms with van der Waals surface area (Å²) in [7, 11) is 0. The second-order valence-electron chi connectivity index (χ2n) is 3.81. The van der Waals surface area contributed by atoms with Gasteiger partial charge in [-0.1, -0.05) is 22.0 Å². The smallest absolute Gasteiger partial charge is 0.141 e. The number of aromatic nitrogens is 1. The predicted octanol–water partition coefficient (Wildman–Crippen LogP) is 4.16. The zero-order valence-corrected chi connectivity index (χ0v) is 10.9. The molecule has 1 atom stereocenters. The number of nitrogens with one attached hydrogen (secondary N) is 1. The van der Waals surface area contributed by atoms with Crippen LogP contribution in [0.25, 0.3) is 0 Å². The third-order valence-electron chi connectivity index (χ3n) is 2.43. The molecular formula is C13H12BrFN2. The van der Waals surface area contributed by atoms with Gasteiger partial charge in [0.05, 0.1) is 12.2 Å². The van der Waals surface area contributed by atoms with Gasteiger partial charge in [-0.2, -0.15) is 0 Å². The Morgan fingerprint density at radius 1 is 1.29 bits per heavy atom. The summed E-state index contributed by atoms with van der Waals surface area (Å²) in [4.78, 5) is 3.84. The van der Waals surface area contributed by atoms with E-state index < -0.39 is 0 Å². The molecule has 1 heterocycles. The lowest BCUT2D eigenvalue weighted by Crippen LogP contribution is -2.07. The van der Waals surface area contributed by atoms with Gasteiger partial charge in [-0.3, -0.25) is 4.98 Å². The van der Waals surface area contributed by atoms with Gasteiger partial charge < -0.3 is 5.32 Å². The Labute approximate surface area is 108 Å². The monoisotopic (exact) mass is 294 g/mol. The van der Waals surface area contributed by atoms with Gasteiger partial charge in [0.1, 0.15) is 5.82 Å². The van der Waals surface area contributed by atoms with E-state index in [1.54, 1.807) is 6.20 Å². The molecule has 0 fully saturated rings. The summed E-state index contributed by atoms with van der Waals surface area (Å²) >= 11 is 3.41. The van der Waals surface area contributed by atoms with Gasteiger partial charge in [-0.05, 0) is 36.8 Å². The summed E-state index contributed by atoms with van der Waals surface area (Å²) in [6.45, 7) is 1.97. The average molecular weight is 295 g/mol. The first kappa shape index (κ1) is 12.0. The third-order valence-corrected chi connectivity index (χ3v) is 2.93. The average Bonchev–Trinajstić information content (AvgIpc) is 2.29. The van der Waals surface area contributed by atoms with Gasteiger partial charge >= 0.3 is 0 Å². The van der Waals surface area contributed by atoms with Gasteiger partial charge in [0, 0.05) is 16.4 Å². The number of anilines is 1. The van der Waals surface area contributed by atoms with Crippen molar-refractivity contribution in [3.8, 4) is 0 Å². The number of rotatable bonds is 3.